The van der Waals surface area contributed by atoms with Crippen molar-refractivity contribution in [3.05, 3.63) is 85.1 Å². The molecule has 0 aromatic rings. The number of hydrogen-bond donors (Lipinski definition) is 13. The third-order valence-corrected chi connectivity index (χ3v) is 15.7. The second-order valence-corrected chi connectivity index (χ2v) is 22.3. The number of esters is 1. The summed E-state index contributed by atoms with van der Waals surface area (Å²) in [5, 5.41) is 125. The highest BCUT2D eigenvalue weighted by Crippen LogP contribution is 2.39. The topological polar surface area (TPSA) is 352 Å². The van der Waals surface area contributed by atoms with Gasteiger partial charge in [-0.2, -0.15) is 0 Å². The van der Waals surface area contributed by atoms with E-state index in [4.69, 9.17) is 24.7 Å². The molecule has 2 bridgehead atoms. The zero-order chi connectivity index (χ0) is 58.9. The number of carboxylic acids is 1. The molecule has 0 unspecified atom stereocenters. The number of cyclic esters (lactones) is 1. The Hall–Kier alpha value is -4.01. The number of allylic oxidation sites excluding steroid dienone is 12. The Balaban J connectivity index is 1.56. The maximum Gasteiger partial charge on any atom is 0.311 e. The van der Waals surface area contributed by atoms with Crippen LogP contribution in [0, 0.1) is 23.7 Å². The van der Waals surface area contributed by atoms with Gasteiger partial charge in [-0.05, 0) is 78.4 Å². The molecule has 3 saturated heterocycles. The summed E-state index contributed by atoms with van der Waals surface area (Å²) < 4.78 is 24.1. The number of carbonyl (C=O) groups excluding carboxylic acids is 2. The Bertz CT molecular complexity index is 2060. The maximum atomic E-state index is 13.1. The van der Waals surface area contributed by atoms with Gasteiger partial charge in [0, 0.05) is 50.0 Å². The first kappa shape index (κ1) is 68.5. The number of rotatable bonds is 11. The highest BCUT2D eigenvalue weighted by atomic mass is 16.7. The number of aliphatic carboxylic acids is 1. The third kappa shape index (κ3) is 23.0. The van der Waals surface area contributed by atoms with Crippen LogP contribution >= 0.6 is 0 Å². The van der Waals surface area contributed by atoms with E-state index in [2.05, 4.69) is 5.32 Å². The van der Waals surface area contributed by atoms with E-state index >= 15 is 0 Å². The summed E-state index contributed by atoms with van der Waals surface area (Å²) >= 11 is 0. The average molecular weight is 1130 g/mol. The van der Waals surface area contributed by atoms with Gasteiger partial charge in [0.05, 0.1) is 79.6 Å². The van der Waals surface area contributed by atoms with E-state index in [9.17, 15) is 70.6 Å². The second-order valence-electron chi connectivity index (χ2n) is 22.3. The first-order valence-electron chi connectivity index (χ1n) is 28.7. The Labute approximate surface area is 471 Å². The molecule has 0 saturated carbocycles. The number of aliphatic hydroxyl groups excluding tert-OH is 9. The van der Waals surface area contributed by atoms with Gasteiger partial charge in [0.15, 0.2) is 12.1 Å². The molecular weight excluding hydrogens is 1040 g/mol. The summed E-state index contributed by atoms with van der Waals surface area (Å²) in [5.41, 5.74) is 5.59. The normalized spacial score (nSPS) is 40.8. The number of carbonyl (C=O) groups is 3. The van der Waals surface area contributed by atoms with E-state index in [1.807, 2.05) is 42.2 Å². The lowest BCUT2D eigenvalue weighted by atomic mass is 9.82. The first-order chi connectivity index (χ1) is 38.0. The van der Waals surface area contributed by atoms with Crippen molar-refractivity contribution in [2.75, 3.05) is 26.2 Å². The lowest BCUT2D eigenvalue weighted by Crippen LogP contribution is -2.65. The predicted molar refractivity (Wildman–Crippen MR) is 298 cm³/mol. The molecule has 0 aliphatic carbocycles. The molecule has 21 heteroatoms. The molecule has 1 amide bonds. The number of nitrogens with two attached hydrogens (primary N) is 1. The molecule has 4 heterocycles. The summed E-state index contributed by atoms with van der Waals surface area (Å²) in [6.07, 6.45) is 8.25. The number of unbranched alkanes of at least 4 members (excludes halogenated alkanes) is 3. The molecule has 4 rings (SSSR count). The number of nitrogens with one attached hydrogen (secondary N) is 1. The zero-order valence-corrected chi connectivity index (χ0v) is 47.1. The van der Waals surface area contributed by atoms with Crippen molar-refractivity contribution >= 4 is 17.8 Å². The van der Waals surface area contributed by atoms with Gasteiger partial charge in [0.1, 0.15) is 18.1 Å². The number of likely N-dealkylation sites (tertiary alicyclic amines) is 1. The molecule has 0 aromatic carbocycles. The second kappa shape index (κ2) is 35.2. The highest BCUT2D eigenvalue weighted by molar-refractivity contribution is 5.78. The number of amides is 1. The SMILES string of the molecule is C[C@@H]1[C@H](O)[C@@H](C)/C=C/C=C/C=C/C=C/C=C/C=C/C=C/[C@H](O[C@@H]2O[C@H](C)[C@@H](O)[C@H](N3CCC(C(=O)NCCCCCCN)CC3)[C@@H]2O)C[C@@H]2O[C@](O)(C[C@@H](O)C[C@@H](O)[C@H](O)CC[C@@H](O)C[C@@H](O)CC(=O)O[C@H]1C)C[C@H](O)[C@H]2C(=O)O. The number of nitrogens with zero attached hydrogens (tertiary/aromatic N) is 1. The van der Waals surface area contributed by atoms with Crippen LogP contribution in [0.4, 0.5) is 0 Å². The minimum atomic E-state index is -2.36. The van der Waals surface area contributed by atoms with Crippen molar-refractivity contribution in [1.29, 1.82) is 0 Å². The molecule has 21 nitrogen and oxygen atoms in total. The van der Waals surface area contributed by atoms with Crippen molar-refractivity contribution in [3.8, 4) is 0 Å². The van der Waals surface area contributed by atoms with Gasteiger partial charge in [0.25, 0.3) is 0 Å². The molecule has 14 N–H and O–H groups in total. The fraction of sp³-hybridized carbons (Fsp3) is 0.712. The molecule has 3 fully saturated rings. The molecule has 4 aliphatic heterocycles. The number of fused-ring (bicyclic) bond motifs is 2. The predicted octanol–water partition coefficient (Wildman–Crippen LogP) is 2.10. The molecule has 19 atom stereocenters. The van der Waals surface area contributed by atoms with Gasteiger partial charge in [-0.3, -0.25) is 19.3 Å². The smallest absolute Gasteiger partial charge is 0.311 e. The summed E-state index contributed by atoms with van der Waals surface area (Å²) in [4.78, 5) is 40.5. The molecular formula is C59H95N3O18. The minimum Gasteiger partial charge on any atom is -0.481 e. The molecule has 4 aliphatic rings. The average Bonchev–Trinajstić information content (AvgIpc) is 3.40. The van der Waals surface area contributed by atoms with Gasteiger partial charge >= 0.3 is 11.9 Å². The summed E-state index contributed by atoms with van der Waals surface area (Å²) in [6.45, 7) is 8.83. The molecule has 0 spiro atoms. The lowest BCUT2D eigenvalue weighted by Gasteiger charge is -2.48. The summed E-state index contributed by atoms with van der Waals surface area (Å²) in [5.74, 6) is -7.20. The highest BCUT2D eigenvalue weighted by Gasteiger charge is 2.52. The minimum absolute atomic E-state index is 0.0390. The van der Waals surface area contributed by atoms with Crippen LogP contribution in [0.3, 0.4) is 0 Å². The van der Waals surface area contributed by atoms with Crippen LogP contribution < -0.4 is 11.1 Å². The largest absolute Gasteiger partial charge is 0.481 e. The van der Waals surface area contributed by atoms with Crippen molar-refractivity contribution in [1.82, 2.24) is 10.2 Å². The number of hydrogen-bond acceptors (Lipinski definition) is 19. The first-order valence-corrected chi connectivity index (χ1v) is 28.7. The molecule has 80 heavy (non-hydrogen) atoms. The Kier molecular flexibility index (Phi) is 30.1. The zero-order valence-electron chi connectivity index (χ0n) is 47.1. The van der Waals surface area contributed by atoms with E-state index in [-0.39, 0.29) is 43.4 Å². The summed E-state index contributed by atoms with van der Waals surface area (Å²) in [6, 6.07) is -0.878. The van der Waals surface area contributed by atoms with Crippen LogP contribution in [-0.2, 0) is 33.3 Å². The van der Waals surface area contributed by atoms with Crippen molar-refractivity contribution in [2.45, 2.75) is 215 Å². The Morgan fingerprint density at radius 2 is 1.27 bits per heavy atom. The quantitative estimate of drug-likeness (QED) is 0.104. The van der Waals surface area contributed by atoms with Crippen LogP contribution in [-0.4, -0.2) is 203 Å². The fourth-order valence-corrected chi connectivity index (χ4v) is 10.8. The fourth-order valence-electron chi connectivity index (χ4n) is 10.8. The van der Waals surface area contributed by atoms with Crippen molar-refractivity contribution in [2.24, 2.45) is 29.4 Å². The van der Waals surface area contributed by atoms with E-state index < -0.39 is 147 Å². The van der Waals surface area contributed by atoms with Crippen LogP contribution in [0.25, 0.3) is 0 Å². The van der Waals surface area contributed by atoms with Crippen molar-refractivity contribution < 1.29 is 89.5 Å². The lowest BCUT2D eigenvalue weighted by molar-refractivity contribution is -0.312. The van der Waals surface area contributed by atoms with Gasteiger partial charge in [-0.1, -0.05) is 112 Å². The van der Waals surface area contributed by atoms with E-state index in [1.165, 1.54) is 0 Å². The molecule has 0 radical (unpaired) electrons. The number of ether oxygens (including phenoxy) is 4. The Morgan fingerprint density at radius 3 is 1.89 bits per heavy atom. The maximum absolute atomic E-state index is 13.1. The number of piperidine rings is 1. The number of aliphatic hydroxyl groups is 10. The van der Waals surface area contributed by atoms with Gasteiger partial charge in [0.2, 0.25) is 5.91 Å². The number of carboxylic acid groups (broad SMARTS) is 1. The van der Waals surface area contributed by atoms with Gasteiger partial charge < -0.3 is 86.2 Å². The van der Waals surface area contributed by atoms with Crippen molar-refractivity contribution in [3.63, 3.8) is 0 Å². The molecule has 0 aromatic heterocycles. The van der Waals surface area contributed by atoms with E-state index in [0.717, 1.165) is 25.7 Å². The monoisotopic (exact) mass is 1130 g/mol. The summed E-state index contributed by atoms with van der Waals surface area (Å²) in [7, 11) is 0. The van der Waals surface area contributed by atoms with Crippen LogP contribution in [0.15, 0.2) is 85.1 Å². The van der Waals surface area contributed by atoms with Gasteiger partial charge in [-0.15, -0.1) is 0 Å². The standard InChI is InChI=1S/C59H95N3O18/c1-37-21-17-13-11-9-7-5-6-8-10-12-14-18-22-45(79-58-55(72)52(54(71)40(4)78-58)62-29-25-41(26-30-62)56(73)61-28-20-16-15-19-27-60)34-49-51(57(74)75)48(68)36-59(76,80-49)35-44(65)32-47(67)46(66)24-23-42(63)31-43(64)33-50(69)77-39(3)38(2)53(37)70/h5-14,17-18,21-22,37-49,51-55,58,63-68,70-72,76H,15-16,19-20,23-36,60H2,1-4H3,(H,61,73)(H,74,75)/b6-5+,9-7+,10-8+,13-11+,14-12+,21-17+,22-18+/t37-,38-,39-,40+,42+,43+,44-,45-,46+,47+,48-,49-,51+,52-,53+,54+,55-,58-,59+/m0/s1. The Morgan fingerprint density at radius 1 is 0.675 bits per heavy atom. The van der Waals surface area contributed by atoms with E-state index in [0.29, 0.717) is 39.0 Å². The van der Waals surface area contributed by atoms with Crippen LogP contribution in [0.1, 0.15) is 118 Å². The van der Waals surface area contributed by atoms with Crippen LogP contribution in [0.2, 0.25) is 0 Å². The van der Waals surface area contributed by atoms with Crippen LogP contribution in [0.5, 0.6) is 0 Å². The molecule has 454 valence electrons. The van der Waals surface area contributed by atoms with Gasteiger partial charge in [-0.25, -0.2) is 0 Å². The van der Waals surface area contributed by atoms with E-state index in [1.54, 1.807) is 75.5 Å². The third-order valence-electron chi connectivity index (χ3n) is 15.7.